The number of hydrogen-bond acceptors (Lipinski definition) is 2. The molecule has 15 heavy (non-hydrogen) atoms. The zero-order valence-corrected chi connectivity index (χ0v) is 9.73. The van der Waals surface area contributed by atoms with Crippen molar-refractivity contribution in [3.8, 4) is 0 Å². The molecular weight excluding hydrogens is 228 g/mol. The summed E-state index contributed by atoms with van der Waals surface area (Å²) in [5.74, 6) is -0.000602. The molecular formula is C12H9ClOS. The van der Waals surface area contributed by atoms with E-state index in [1.54, 1.807) is 12.1 Å². The van der Waals surface area contributed by atoms with Gasteiger partial charge in [0.05, 0.1) is 5.02 Å². The molecule has 0 N–H and O–H groups in total. The molecule has 2 rings (SSSR count). The number of ketones is 1. The molecule has 1 aromatic carbocycles. The van der Waals surface area contributed by atoms with Gasteiger partial charge in [0.25, 0.3) is 0 Å². The number of carbonyl (C=O) groups is 1. The van der Waals surface area contributed by atoms with Gasteiger partial charge in [-0.15, -0.1) is 0 Å². The number of hydrogen-bond donors (Lipinski definition) is 0. The lowest BCUT2D eigenvalue weighted by molar-refractivity contribution is 0.103. The lowest BCUT2D eigenvalue weighted by Crippen LogP contribution is -2.01. The van der Waals surface area contributed by atoms with Crippen LogP contribution >= 0.6 is 22.9 Å². The summed E-state index contributed by atoms with van der Waals surface area (Å²) in [5, 5.41) is 4.33. The van der Waals surface area contributed by atoms with Gasteiger partial charge in [-0.1, -0.05) is 23.7 Å². The quantitative estimate of drug-likeness (QED) is 0.722. The summed E-state index contributed by atoms with van der Waals surface area (Å²) in [4.78, 5) is 12.1. The summed E-state index contributed by atoms with van der Waals surface area (Å²) in [5.41, 5.74) is 2.32. The molecule has 0 aliphatic heterocycles. The minimum Gasteiger partial charge on any atom is -0.289 e. The lowest BCUT2D eigenvalue weighted by Gasteiger charge is -2.02. The maximum Gasteiger partial charge on any atom is 0.195 e. The molecule has 0 fully saturated rings. The zero-order chi connectivity index (χ0) is 10.8. The SMILES string of the molecule is Cc1cscc1C(=O)c1ccccc1Cl. The highest BCUT2D eigenvalue weighted by Gasteiger charge is 2.14. The van der Waals surface area contributed by atoms with Gasteiger partial charge in [-0.25, -0.2) is 0 Å². The van der Waals surface area contributed by atoms with E-state index in [-0.39, 0.29) is 5.78 Å². The van der Waals surface area contributed by atoms with E-state index < -0.39 is 0 Å². The van der Waals surface area contributed by atoms with E-state index in [1.165, 1.54) is 11.3 Å². The third kappa shape index (κ3) is 1.96. The van der Waals surface area contributed by atoms with E-state index in [4.69, 9.17) is 11.6 Å². The average Bonchev–Trinajstić information content (AvgIpc) is 2.64. The largest absolute Gasteiger partial charge is 0.289 e. The van der Waals surface area contributed by atoms with Crippen molar-refractivity contribution in [1.82, 2.24) is 0 Å². The molecule has 0 bridgehead atoms. The van der Waals surface area contributed by atoms with E-state index in [1.807, 2.05) is 29.8 Å². The predicted molar refractivity (Wildman–Crippen MR) is 63.9 cm³/mol. The first-order valence-electron chi connectivity index (χ1n) is 4.52. The van der Waals surface area contributed by atoms with E-state index in [0.717, 1.165) is 11.1 Å². The highest BCUT2D eigenvalue weighted by Crippen LogP contribution is 2.22. The van der Waals surface area contributed by atoms with Crippen molar-refractivity contribution >= 4 is 28.7 Å². The number of rotatable bonds is 2. The summed E-state index contributed by atoms with van der Waals surface area (Å²) in [6.07, 6.45) is 0. The van der Waals surface area contributed by atoms with Crippen LogP contribution in [0, 0.1) is 6.92 Å². The number of benzene rings is 1. The molecule has 0 saturated carbocycles. The number of halogens is 1. The Bertz CT molecular complexity index is 502. The van der Waals surface area contributed by atoms with Crippen molar-refractivity contribution in [2.24, 2.45) is 0 Å². The topological polar surface area (TPSA) is 17.1 Å². The van der Waals surface area contributed by atoms with Crippen molar-refractivity contribution in [2.45, 2.75) is 6.92 Å². The number of carbonyl (C=O) groups excluding carboxylic acids is 1. The van der Waals surface area contributed by atoms with Crippen LogP contribution in [0.4, 0.5) is 0 Å². The van der Waals surface area contributed by atoms with Crippen LogP contribution in [0.2, 0.25) is 5.02 Å². The van der Waals surface area contributed by atoms with Gasteiger partial charge < -0.3 is 0 Å². The van der Waals surface area contributed by atoms with Gasteiger partial charge in [0, 0.05) is 16.5 Å². The Balaban J connectivity index is 2.46. The zero-order valence-electron chi connectivity index (χ0n) is 8.16. The molecule has 0 saturated heterocycles. The first-order valence-corrected chi connectivity index (χ1v) is 5.84. The molecule has 0 aliphatic rings. The van der Waals surface area contributed by atoms with Crippen LogP contribution in [0.5, 0.6) is 0 Å². The second kappa shape index (κ2) is 4.17. The van der Waals surface area contributed by atoms with Crippen molar-refractivity contribution in [3.05, 3.63) is 56.7 Å². The molecule has 0 aliphatic carbocycles. The van der Waals surface area contributed by atoms with Crippen LogP contribution < -0.4 is 0 Å². The summed E-state index contributed by atoms with van der Waals surface area (Å²) >= 11 is 7.50. The van der Waals surface area contributed by atoms with Gasteiger partial charge in [0.15, 0.2) is 5.78 Å². The average molecular weight is 237 g/mol. The monoisotopic (exact) mass is 236 g/mol. The van der Waals surface area contributed by atoms with Gasteiger partial charge in [0.1, 0.15) is 0 Å². The van der Waals surface area contributed by atoms with E-state index in [0.29, 0.717) is 10.6 Å². The number of aryl methyl sites for hydroxylation is 1. The van der Waals surface area contributed by atoms with Crippen molar-refractivity contribution in [3.63, 3.8) is 0 Å². The Morgan fingerprint density at radius 3 is 2.53 bits per heavy atom. The van der Waals surface area contributed by atoms with Crippen LogP contribution in [-0.4, -0.2) is 5.78 Å². The summed E-state index contributed by atoms with van der Waals surface area (Å²) in [7, 11) is 0. The van der Waals surface area contributed by atoms with Crippen molar-refractivity contribution in [1.29, 1.82) is 0 Å². The second-order valence-electron chi connectivity index (χ2n) is 3.28. The van der Waals surface area contributed by atoms with Crippen molar-refractivity contribution < 1.29 is 4.79 Å². The summed E-state index contributed by atoms with van der Waals surface area (Å²) in [6.45, 7) is 1.93. The van der Waals surface area contributed by atoms with Crippen LogP contribution in [-0.2, 0) is 0 Å². The van der Waals surface area contributed by atoms with Gasteiger partial charge in [-0.2, -0.15) is 11.3 Å². The first kappa shape index (κ1) is 10.4. The van der Waals surface area contributed by atoms with E-state index in [9.17, 15) is 4.79 Å². The fraction of sp³-hybridized carbons (Fsp3) is 0.0833. The first-order chi connectivity index (χ1) is 7.20. The smallest absolute Gasteiger partial charge is 0.195 e. The van der Waals surface area contributed by atoms with E-state index >= 15 is 0 Å². The van der Waals surface area contributed by atoms with Gasteiger partial charge in [-0.3, -0.25) is 4.79 Å². The lowest BCUT2D eigenvalue weighted by atomic mass is 10.0. The molecule has 1 heterocycles. The minimum absolute atomic E-state index is 0.000602. The molecule has 76 valence electrons. The molecule has 1 aromatic heterocycles. The Morgan fingerprint density at radius 2 is 1.93 bits per heavy atom. The van der Waals surface area contributed by atoms with Crippen LogP contribution in [0.3, 0.4) is 0 Å². The molecule has 1 nitrogen and oxygen atoms in total. The van der Waals surface area contributed by atoms with Crippen molar-refractivity contribution in [2.75, 3.05) is 0 Å². The van der Waals surface area contributed by atoms with Crippen LogP contribution in [0.15, 0.2) is 35.0 Å². The molecule has 0 unspecified atom stereocenters. The molecule has 0 atom stereocenters. The highest BCUT2D eigenvalue weighted by atomic mass is 35.5. The maximum atomic E-state index is 12.1. The molecule has 0 radical (unpaired) electrons. The summed E-state index contributed by atoms with van der Waals surface area (Å²) < 4.78 is 0. The highest BCUT2D eigenvalue weighted by molar-refractivity contribution is 7.08. The Labute approximate surface area is 97.3 Å². The minimum atomic E-state index is -0.000602. The summed E-state index contributed by atoms with van der Waals surface area (Å²) in [6, 6.07) is 7.12. The third-order valence-electron chi connectivity index (χ3n) is 2.22. The normalized spacial score (nSPS) is 10.3. The van der Waals surface area contributed by atoms with E-state index in [2.05, 4.69) is 0 Å². The second-order valence-corrected chi connectivity index (χ2v) is 4.43. The Hall–Kier alpha value is -1.12. The Kier molecular flexibility index (Phi) is 2.89. The molecule has 0 amide bonds. The van der Waals surface area contributed by atoms with Gasteiger partial charge >= 0.3 is 0 Å². The fourth-order valence-corrected chi connectivity index (χ4v) is 2.43. The molecule has 0 spiro atoms. The standard InChI is InChI=1S/C12H9ClOS/c1-8-6-15-7-10(8)12(14)9-4-2-3-5-11(9)13/h2-7H,1H3. The molecule has 3 heteroatoms. The fourth-order valence-electron chi connectivity index (χ4n) is 1.38. The number of thiophene rings is 1. The predicted octanol–water partition coefficient (Wildman–Crippen LogP) is 3.94. The third-order valence-corrected chi connectivity index (χ3v) is 3.41. The molecule has 2 aromatic rings. The van der Waals surface area contributed by atoms with Gasteiger partial charge in [0.2, 0.25) is 0 Å². The van der Waals surface area contributed by atoms with Crippen LogP contribution in [0.25, 0.3) is 0 Å². The van der Waals surface area contributed by atoms with Gasteiger partial charge in [-0.05, 0) is 30.0 Å². The Morgan fingerprint density at radius 1 is 1.20 bits per heavy atom. The van der Waals surface area contributed by atoms with Crippen LogP contribution in [0.1, 0.15) is 21.5 Å². The maximum absolute atomic E-state index is 12.1.